The van der Waals surface area contributed by atoms with Gasteiger partial charge in [0.25, 0.3) is 0 Å². The summed E-state index contributed by atoms with van der Waals surface area (Å²) in [5.74, 6) is 2.94. The topological polar surface area (TPSA) is 0 Å². The van der Waals surface area contributed by atoms with Gasteiger partial charge in [-0.2, -0.15) is 11.8 Å². The quantitative estimate of drug-likeness (QED) is 0.582. The summed E-state index contributed by atoms with van der Waals surface area (Å²) in [7, 11) is 0. The third kappa shape index (κ3) is 1.12. The highest BCUT2D eigenvalue weighted by Crippen LogP contribution is 2.54. The molecule has 0 spiro atoms. The smallest absolute Gasteiger partial charge is 0.00839 e. The molecule has 0 nitrogen and oxygen atoms in total. The molecule has 4 atom stereocenters. The summed E-state index contributed by atoms with van der Waals surface area (Å²) in [4.78, 5) is 0. The average molecular weight is 170 g/mol. The fourth-order valence-corrected chi connectivity index (χ4v) is 5.15. The van der Waals surface area contributed by atoms with Gasteiger partial charge in [0.15, 0.2) is 0 Å². The van der Waals surface area contributed by atoms with E-state index in [4.69, 9.17) is 0 Å². The van der Waals surface area contributed by atoms with E-state index in [9.17, 15) is 0 Å². The maximum Gasteiger partial charge on any atom is 0.00839 e. The summed E-state index contributed by atoms with van der Waals surface area (Å²) in [6, 6.07) is 0. The van der Waals surface area contributed by atoms with E-state index in [2.05, 4.69) is 32.5 Å². The molecule has 0 aromatic heterocycles. The Bertz CT molecular complexity index is 151. The van der Waals surface area contributed by atoms with Gasteiger partial charge in [0.2, 0.25) is 0 Å². The number of hydrogen-bond donors (Lipinski definition) is 0. The monoisotopic (exact) mass is 170 g/mol. The van der Waals surface area contributed by atoms with Crippen molar-refractivity contribution in [2.45, 2.75) is 44.1 Å². The van der Waals surface area contributed by atoms with Crippen LogP contribution in [0, 0.1) is 17.8 Å². The summed E-state index contributed by atoms with van der Waals surface area (Å²) < 4.78 is 0. The summed E-state index contributed by atoms with van der Waals surface area (Å²) in [6.45, 7) is 7.24. The van der Waals surface area contributed by atoms with Gasteiger partial charge >= 0.3 is 0 Å². The highest BCUT2D eigenvalue weighted by Gasteiger charge is 2.46. The number of hydrogen-bond acceptors (Lipinski definition) is 1. The SMILES string of the molecule is CC(C)C1C2CCC(S2)C1C. The second-order valence-electron chi connectivity index (χ2n) is 4.47. The third-order valence-corrected chi connectivity index (χ3v) is 5.39. The van der Waals surface area contributed by atoms with Gasteiger partial charge in [-0.05, 0) is 30.6 Å². The Labute approximate surface area is 74.1 Å². The fraction of sp³-hybridized carbons (Fsp3) is 1.00. The number of fused-ring (bicyclic) bond motifs is 2. The van der Waals surface area contributed by atoms with Crippen LogP contribution in [0.15, 0.2) is 0 Å². The minimum absolute atomic E-state index is 0.910. The molecule has 0 aromatic carbocycles. The first-order valence-corrected chi connectivity index (χ1v) is 5.80. The van der Waals surface area contributed by atoms with Crippen LogP contribution >= 0.6 is 11.8 Å². The van der Waals surface area contributed by atoms with Crippen LogP contribution in [0.1, 0.15) is 33.6 Å². The molecule has 64 valence electrons. The van der Waals surface area contributed by atoms with E-state index in [1.165, 1.54) is 12.8 Å². The van der Waals surface area contributed by atoms with Gasteiger partial charge in [-0.1, -0.05) is 20.8 Å². The number of rotatable bonds is 1. The Morgan fingerprint density at radius 1 is 1.18 bits per heavy atom. The van der Waals surface area contributed by atoms with E-state index in [1.807, 2.05) is 0 Å². The van der Waals surface area contributed by atoms with Gasteiger partial charge in [-0.25, -0.2) is 0 Å². The molecule has 2 heterocycles. The summed E-state index contributed by atoms with van der Waals surface area (Å²) in [5, 5.41) is 2.04. The summed E-state index contributed by atoms with van der Waals surface area (Å²) >= 11 is 2.28. The maximum atomic E-state index is 2.46. The molecular weight excluding hydrogens is 152 g/mol. The highest BCUT2D eigenvalue weighted by molar-refractivity contribution is 8.01. The zero-order chi connectivity index (χ0) is 8.01. The van der Waals surface area contributed by atoms with Crippen molar-refractivity contribution in [2.24, 2.45) is 17.8 Å². The normalized spacial score (nSPS) is 49.1. The van der Waals surface area contributed by atoms with Crippen molar-refractivity contribution in [1.82, 2.24) is 0 Å². The average Bonchev–Trinajstić information content (AvgIpc) is 2.44. The van der Waals surface area contributed by atoms with E-state index in [1.54, 1.807) is 0 Å². The first-order valence-electron chi connectivity index (χ1n) is 4.85. The molecule has 0 saturated carbocycles. The molecule has 0 amide bonds. The van der Waals surface area contributed by atoms with Crippen molar-refractivity contribution in [3.63, 3.8) is 0 Å². The van der Waals surface area contributed by atoms with Crippen LogP contribution in [-0.4, -0.2) is 10.5 Å². The third-order valence-electron chi connectivity index (χ3n) is 3.48. The lowest BCUT2D eigenvalue weighted by Gasteiger charge is -2.29. The lowest BCUT2D eigenvalue weighted by atomic mass is 9.75. The van der Waals surface area contributed by atoms with E-state index in [0.29, 0.717) is 0 Å². The molecule has 1 heteroatoms. The van der Waals surface area contributed by atoms with Crippen molar-refractivity contribution in [3.8, 4) is 0 Å². The van der Waals surface area contributed by atoms with Crippen molar-refractivity contribution in [3.05, 3.63) is 0 Å². The lowest BCUT2D eigenvalue weighted by Crippen LogP contribution is -2.28. The van der Waals surface area contributed by atoms with Crippen molar-refractivity contribution in [2.75, 3.05) is 0 Å². The fourth-order valence-electron chi connectivity index (χ4n) is 2.98. The lowest BCUT2D eigenvalue weighted by molar-refractivity contribution is 0.236. The van der Waals surface area contributed by atoms with E-state index in [-0.39, 0.29) is 0 Å². The van der Waals surface area contributed by atoms with Crippen molar-refractivity contribution >= 4 is 11.8 Å². The molecular formula is C10H18S. The first-order chi connectivity index (χ1) is 5.20. The van der Waals surface area contributed by atoms with Crippen LogP contribution in [0.3, 0.4) is 0 Å². The van der Waals surface area contributed by atoms with Crippen LogP contribution in [0.5, 0.6) is 0 Å². The Kier molecular flexibility index (Phi) is 1.95. The summed E-state index contributed by atoms with van der Waals surface area (Å²) in [6.07, 6.45) is 3.00. The molecule has 2 aliphatic rings. The van der Waals surface area contributed by atoms with Gasteiger partial charge in [0.05, 0.1) is 0 Å². The summed E-state index contributed by atoms with van der Waals surface area (Å²) in [5.41, 5.74) is 0. The van der Waals surface area contributed by atoms with Crippen molar-refractivity contribution < 1.29 is 0 Å². The largest absolute Gasteiger partial charge is 0.155 e. The highest BCUT2D eigenvalue weighted by atomic mass is 32.2. The molecule has 4 unspecified atom stereocenters. The van der Waals surface area contributed by atoms with Crippen LogP contribution < -0.4 is 0 Å². The first kappa shape index (κ1) is 7.97. The maximum absolute atomic E-state index is 2.46. The van der Waals surface area contributed by atoms with Crippen LogP contribution in [-0.2, 0) is 0 Å². The molecule has 2 bridgehead atoms. The second-order valence-corrected chi connectivity index (χ2v) is 5.95. The van der Waals surface area contributed by atoms with Gasteiger partial charge in [-0.15, -0.1) is 0 Å². The molecule has 2 saturated heterocycles. The van der Waals surface area contributed by atoms with E-state index >= 15 is 0 Å². The minimum atomic E-state index is 0.910. The molecule has 0 N–H and O–H groups in total. The van der Waals surface area contributed by atoms with E-state index < -0.39 is 0 Å². The van der Waals surface area contributed by atoms with Crippen molar-refractivity contribution in [1.29, 1.82) is 0 Å². The molecule has 11 heavy (non-hydrogen) atoms. The minimum Gasteiger partial charge on any atom is -0.155 e. The molecule has 0 aliphatic carbocycles. The Balaban J connectivity index is 2.11. The van der Waals surface area contributed by atoms with Crippen LogP contribution in [0.25, 0.3) is 0 Å². The number of thioether (sulfide) groups is 1. The Hall–Kier alpha value is 0.350. The standard InChI is InChI=1S/C10H18S/c1-6(2)10-7(3)8-4-5-9(10)11-8/h6-10H,4-5H2,1-3H3. The Morgan fingerprint density at radius 3 is 2.18 bits per heavy atom. The predicted molar refractivity (Wildman–Crippen MR) is 51.9 cm³/mol. The Morgan fingerprint density at radius 2 is 1.82 bits per heavy atom. The molecule has 2 rings (SSSR count). The van der Waals surface area contributed by atoms with Gasteiger partial charge < -0.3 is 0 Å². The van der Waals surface area contributed by atoms with E-state index in [0.717, 1.165) is 28.3 Å². The van der Waals surface area contributed by atoms with Crippen LogP contribution in [0.2, 0.25) is 0 Å². The molecule has 0 radical (unpaired) electrons. The zero-order valence-corrected chi connectivity index (χ0v) is 8.53. The molecule has 2 aliphatic heterocycles. The van der Waals surface area contributed by atoms with Crippen LogP contribution in [0.4, 0.5) is 0 Å². The zero-order valence-electron chi connectivity index (χ0n) is 7.71. The predicted octanol–water partition coefficient (Wildman–Crippen LogP) is 3.17. The molecule has 2 fully saturated rings. The van der Waals surface area contributed by atoms with Gasteiger partial charge in [-0.3, -0.25) is 0 Å². The second kappa shape index (κ2) is 2.69. The molecule has 0 aromatic rings. The van der Waals surface area contributed by atoms with Gasteiger partial charge in [0, 0.05) is 10.5 Å². The van der Waals surface area contributed by atoms with Gasteiger partial charge in [0.1, 0.15) is 0 Å².